The topological polar surface area (TPSA) is 77.8 Å². The number of carboxylic acids is 1. The third-order valence-corrected chi connectivity index (χ3v) is 4.03. The number of aliphatic carboxylic acids is 1. The molecule has 1 amide bonds. The largest absolute Gasteiger partial charge is 0.508 e. The van der Waals surface area contributed by atoms with Gasteiger partial charge in [0.05, 0.1) is 11.8 Å². The molecule has 1 aliphatic heterocycles. The van der Waals surface area contributed by atoms with Crippen LogP contribution in [0.4, 0.5) is 0 Å². The number of hydrogen-bond acceptors (Lipinski definition) is 3. The molecule has 20 heavy (non-hydrogen) atoms. The summed E-state index contributed by atoms with van der Waals surface area (Å²) in [5.41, 5.74) is 0.134. The Morgan fingerprint density at radius 3 is 2.25 bits per heavy atom. The third kappa shape index (κ3) is 3.10. The minimum absolute atomic E-state index is 0.00290. The van der Waals surface area contributed by atoms with Crippen LogP contribution in [-0.4, -0.2) is 40.1 Å². The summed E-state index contributed by atoms with van der Waals surface area (Å²) in [6.07, 6.45) is 1.26. The standard InChI is InChI=1S/C15H19NO4/c1-15(14(19)20)6-8-16(9-7-15)13(18)10-11-2-4-12(17)5-3-11/h2-5,17H,6-10H2,1H3,(H,19,20). The number of nitrogens with zero attached hydrogens (tertiary/aromatic N) is 1. The number of piperidine rings is 1. The normalized spacial score (nSPS) is 17.8. The van der Waals surface area contributed by atoms with E-state index in [1.165, 1.54) is 0 Å². The molecule has 108 valence electrons. The number of rotatable bonds is 3. The average molecular weight is 277 g/mol. The number of benzene rings is 1. The summed E-state index contributed by atoms with van der Waals surface area (Å²) in [5, 5.41) is 18.4. The minimum atomic E-state index is -0.789. The Kier molecular flexibility index (Phi) is 3.97. The predicted molar refractivity (Wildman–Crippen MR) is 73.4 cm³/mol. The van der Waals surface area contributed by atoms with Gasteiger partial charge in [0.1, 0.15) is 5.75 Å². The van der Waals surface area contributed by atoms with Gasteiger partial charge < -0.3 is 15.1 Å². The van der Waals surface area contributed by atoms with E-state index in [1.54, 1.807) is 36.1 Å². The molecule has 1 aromatic carbocycles. The van der Waals surface area contributed by atoms with Gasteiger partial charge in [0.15, 0.2) is 0 Å². The quantitative estimate of drug-likeness (QED) is 0.880. The molecule has 0 spiro atoms. The van der Waals surface area contributed by atoms with E-state index in [0.717, 1.165) is 5.56 Å². The second-order valence-corrected chi connectivity index (χ2v) is 5.59. The van der Waals surface area contributed by atoms with Crippen LogP contribution in [0.3, 0.4) is 0 Å². The number of hydrogen-bond donors (Lipinski definition) is 2. The van der Waals surface area contributed by atoms with E-state index < -0.39 is 11.4 Å². The van der Waals surface area contributed by atoms with Gasteiger partial charge in [0.25, 0.3) is 0 Å². The molecule has 0 unspecified atom stereocenters. The monoisotopic (exact) mass is 277 g/mol. The molecule has 1 heterocycles. The highest BCUT2D eigenvalue weighted by Gasteiger charge is 2.37. The Hall–Kier alpha value is -2.04. The number of amides is 1. The van der Waals surface area contributed by atoms with E-state index in [1.807, 2.05) is 0 Å². The summed E-state index contributed by atoms with van der Waals surface area (Å²) >= 11 is 0. The first-order valence-corrected chi connectivity index (χ1v) is 6.70. The van der Waals surface area contributed by atoms with Gasteiger partial charge in [-0.05, 0) is 37.5 Å². The van der Waals surface area contributed by atoms with Gasteiger partial charge in [-0.25, -0.2) is 0 Å². The molecular formula is C15H19NO4. The maximum Gasteiger partial charge on any atom is 0.309 e. The maximum atomic E-state index is 12.1. The number of aromatic hydroxyl groups is 1. The van der Waals surface area contributed by atoms with Crippen LogP contribution in [-0.2, 0) is 16.0 Å². The van der Waals surface area contributed by atoms with Crippen molar-refractivity contribution in [3.63, 3.8) is 0 Å². The van der Waals surface area contributed by atoms with Gasteiger partial charge in [0, 0.05) is 13.1 Å². The van der Waals surface area contributed by atoms with Gasteiger partial charge in [-0.1, -0.05) is 12.1 Å². The molecule has 0 aliphatic carbocycles. The van der Waals surface area contributed by atoms with Crippen molar-refractivity contribution >= 4 is 11.9 Å². The lowest BCUT2D eigenvalue weighted by Gasteiger charge is -2.36. The van der Waals surface area contributed by atoms with Crippen LogP contribution in [0.2, 0.25) is 0 Å². The number of phenolic OH excluding ortho intramolecular Hbond substituents is 1. The molecule has 0 radical (unpaired) electrons. The van der Waals surface area contributed by atoms with E-state index in [-0.39, 0.29) is 18.1 Å². The Balaban J connectivity index is 1.92. The van der Waals surface area contributed by atoms with Crippen LogP contribution in [0.1, 0.15) is 25.3 Å². The molecule has 1 aliphatic rings. The summed E-state index contributed by atoms with van der Waals surface area (Å²) < 4.78 is 0. The van der Waals surface area contributed by atoms with Crippen molar-refractivity contribution in [2.45, 2.75) is 26.2 Å². The van der Waals surface area contributed by atoms with Crippen LogP contribution in [0.5, 0.6) is 5.75 Å². The molecule has 0 saturated carbocycles. The fourth-order valence-electron chi connectivity index (χ4n) is 2.36. The van der Waals surface area contributed by atoms with Crippen molar-refractivity contribution in [2.75, 3.05) is 13.1 Å². The molecule has 2 rings (SSSR count). The van der Waals surface area contributed by atoms with Crippen molar-refractivity contribution in [1.82, 2.24) is 4.90 Å². The molecule has 1 aromatic rings. The maximum absolute atomic E-state index is 12.1. The lowest BCUT2D eigenvalue weighted by Crippen LogP contribution is -2.45. The summed E-state index contributed by atoms with van der Waals surface area (Å²) in [4.78, 5) is 25.0. The molecule has 5 nitrogen and oxygen atoms in total. The number of likely N-dealkylation sites (tertiary alicyclic amines) is 1. The van der Waals surface area contributed by atoms with Crippen molar-refractivity contribution in [1.29, 1.82) is 0 Å². The van der Waals surface area contributed by atoms with E-state index in [9.17, 15) is 14.7 Å². The van der Waals surface area contributed by atoms with E-state index in [4.69, 9.17) is 5.11 Å². The highest BCUT2D eigenvalue weighted by molar-refractivity contribution is 5.80. The second-order valence-electron chi connectivity index (χ2n) is 5.59. The number of carbonyl (C=O) groups excluding carboxylic acids is 1. The zero-order valence-electron chi connectivity index (χ0n) is 11.5. The molecule has 1 fully saturated rings. The zero-order valence-corrected chi connectivity index (χ0v) is 11.5. The predicted octanol–water partition coefficient (Wildman–Crippen LogP) is 1.65. The lowest BCUT2D eigenvalue weighted by molar-refractivity contribution is -0.152. The first kappa shape index (κ1) is 14.4. The van der Waals surface area contributed by atoms with Crippen LogP contribution < -0.4 is 0 Å². The molecule has 5 heteroatoms. The van der Waals surface area contributed by atoms with Crippen molar-refractivity contribution < 1.29 is 19.8 Å². The van der Waals surface area contributed by atoms with Crippen LogP contribution in [0, 0.1) is 5.41 Å². The molecule has 0 aromatic heterocycles. The molecule has 1 saturated heterocycles. The van der Waals surface area contributed by atoms with Gasteiger partial charge >= 0.3 is 5.97 Å². The lowest BCUT2D eigenvalue weighted by atomic mass is 9.80. The van der Waals surface area contributed by atoms with E-state index in [2.05, 4.69) is 0 Å². The zero-order chi connectivity index (χ0) is 14.8. The fourth-order valence-corrected chi connectivity index (χ4v) is 2.36. The highest BCUT2D eigenvalue weighted by atomic mass is 16.4. The first-order chi connectivity index (χ1) is 9.40. The number of carboxylic acid groups (broad SMARTS) is 1. The summed E-state index contributed by atoms with van der Waals surface area (Å²) in [7, 11) is 0. The first-order valence-electron chi connectivity index (χ1n) is 6.70. The number of phenols is 1. The Labute approximate surface area is 117 Å². The van der Waals surface area contributed by atoms with E-state index >= 15 is 0 Å². The Bertz CT molecular complexity index is 501. The van der Waals surface area contributed by atoms with Crippen LogP contribution in [0.15, 0.2) is 24.3 Å². The summed E-state index contributed by atoms with van der Waals surface area (Å²) in [5.74, 6) is -0.609. The van der Waals surface area contributed by atoms with Crippen molar-refractivity contribution in [3.05, 3.63) is 29.8 Å². The fraction of sp³-hybridized carbons (Fsp3) is 0.467. The minimum Gasteiger partial charge on any atom is -0.508 e. The van der Waals surface area contributed by atoms with Gasteiger partial charge in [0.2, 0.25) is 5.91 Å². The van der Waals surface area contributed by atoms with Crippen LogP contribution in [0.25, 0.3) is 0 Å². The SMILES string of the molecule is CC1(C(=O)O)CCN(C(=O)Cc2ccc(O)cc2)CC1. The summed E-state index contributed by atoms with van der Waals surface area (Å²) in [6.45, 7) is 2.70. The average Bonchev–Trinajstić information content (AvgIpc) is 2.42. The number of carbonyl (C=O) groups is 2. The molecule has 0 bridgehead atoms. The Morgan fingerprint density at radius 2 is 1.75 bits per heavy atom. The smallest absolute Gasteiger partial charge is 0.309 e. The van der Waals surface area contributed by atoms with Crippen LogP contribution >= 0.6 is 0 Å². The second kappa shape index (κ2) is 5.53. The molecule has 2 N–H and O–H groups in total. The Morgan fingerprint density at radius 1 is 1.20 bits per heavy atom. The molecular weight excluding hydrogens is 258 g/mol. The van der Waals surface area contributed by atoms with Gasteiger partial charge in [-0.15, -0.1) is 0 Å². The highest BCUT2D eigenvalue weighted by Crippen LogP contribution is 2.31. The third-order valence-electron chi connectivity index (χ3n) is 4.03. The van der Waals surface area contributed by atoms with Crippen molar-refractivity contribution in [2.24, 2.45) is 5.41 Å². The van der Waals surface area contributed by atoms with Crippen molar-refractivity contribution in [3.8, 4) is 5.75 Å². The van der Waals surface area contributed by atoms with Gasteiger partial charge in [-0.2, -0.15) is 0 Å². The van der Waals surface area contributed by atoms with Gasteiger partial charge in [-0.3, -0.25) is 9.59 Å². The van der Waals surface area contributed by atoms with E-state index in [0.29, 0.717) is 25.9 Å². The summed E-state index contributed by atoms with van der Waals surface area (Å²) in [6, 6.07) is 6.55. The molecule has 0 atom stereocenters.